The predicted molar refractivity (Wildman–Crippen MR) is 143 cm³/mol. The molecule has 1 fully saturated rings. The average Bonchev–Trinajstić information content (AvgIpc) is 3.32. The van der Waals surface area contributed by atoms with Crippen molar-refractivity contribution >= 4 is 38.6 Å². The number of carbonyl (C=O) groups excluding carboxylic acids is 1. The van der Waals surface area contributed by atoms with Crippen molar-refractivity contribution in [3.8, 4) is 11.3 Å². The van der Waals surface area contributed by atoms with E-state index in [-0.39, 0.29) is 18.2 Å². The molecule has 0 bridgehead atoms. The van der Waals surface area contributed by atoms with Crippen LogP contribution < -0.4 is 15.5 Å². The molecule has 0 atom stereocenters. The van der Waals surface area contributed by atoms with Crippen LogP contribution in [-0.4, -0.2) is 73.8 Å². The maximum Gasteiger partial charge on any atom is 0.251 e. The smallest absolute Gasteiger partial charge is 0.251 e. The normalized spacial score (nSPS) is 14.0. The van der Waals surface area contributed by atoms with Crippen molar-refractivity contribution in [2.75, 3.05) is 55.1 Å². The van der Waals surface area contributed by atoms with Gasteiger partial charge in [0.05, 0.1) is 36.4 Å². The number of anilines is 3. The summed E-state index contributed by atoms with van der Waals surface area (Å²) in [6, 6.07) is 19.1. The number of rotatable bonds is 8. The average molecular weight is 521 g/mol. The predicted octanol–water partition coefficient (Wildman–Crippen LogP) is 2.75. The monoisotopic (exact) mass is 520 g/mol. The summed E-state index contributed by atoms with van der Waals surface area (Å²) in [5.41, 5.74) is 5.07. The molecule has 2 aromatic carbocycles. The summed E-state index contributed by atoms with van der Waals surface area (Å²) in [7, 11) is -3.13. The fourth-order valence-corrected chi connectivity index (χ4v) is 4.60. The van der Waals surface area contributed by atoms with E-state index in [1.165, 1.54) is 0 Å². The number of morpholine rings is 1. The number of nitrogens with one attached hydrogen (secondary N) is 2. The Morgan fingerprint density at radius 2 is 1.73 bits per heavy atom. The maximum atomic E-state index is 12.3. The van der Waals surface area contributed by atoms with Crippen molar-refractivity contribution < 1.29 is 17.9 Å². The van der Waals surface area contributed by atoms with E-state index in [0.717, 1.165) is 60.7 Å². The summed E-state index contributed by atoms with van der Waals surface area (Å²) in [5, 5.41) is 10.6. The summed E-state index contributed by atoms with van der Waals surface area (Å²) < 4.78 is 29.7. The van der Waals surface area contributed by atoms with Gasteiger partial charge in [-0.05, 0) is 48.5 Å². The highest BCUT2D eigenvalue weighted by Gasteiger charge is 2.13. The lowest BCUT2D eigenvalue weighted by atomic mass is 10.1. The van der Waals surface area contributed by atoms with E-state index < -0.39 is 9.84 Å². The number of nitrogens with zero attached hydrogens (tertiary/aromatic N) is 4. The third-order valence-corrected chi connectivity index (χ3v) is 7.05. The van der Waals surface area contributed by atoms with Crippen molar-refractivity contribution in [1.29, 1.82) is 0 Å². The van der Waals surface area contributed by atoms with Gasteiger partial charge in [0, 0.05) is 48.4 Å². The number of hydrogen-bond acceptors (Lipinski definition) is 8. The topological polar surface area (TPSA) is 118 Å². The third kappa shape index (κ3) is 6.07. The standard InChI is InChI=1S/C26H28N6O4S/c1-37(34,35)17-12-27-25(33)20-4-2-19(3-5-20)24-11-10-23-18-28-26(30-32(23)24)29-21-6-8-22(9-7-21)31-13-15-36-16-14-31/h2-11,18H,12-17H2,1H3,(H,27,33)(H,29,30). The first-order valence-electron chi connectivity index (χ1n) is 12.0. The molecular formula is C26H28N6O4S. The van der Waals surface area contributed by atoms with Crippen molar-refractivity contribution in [2.45, 2.75) is 0 Å². The van der Waals surface area contributed by atoms with Crippen LogP contribution in [-0.2, 0) is 14.6 Å². The minimum atomic E-state index is -3.13. The van der Waals surface area contributed by atoms with Crippen LogP contribution in [0.1, 0.15) is 10.4 Å². The van der Waals surface area contributed by atoms with Gasteiger partial charge in [0.2, 0.25) is 5.95 Å². The van der Waals surface area contributed by atoms with Gasteiger partial charge >= 0.3 is 0 Å². The Bertz CT molecular complexity index is 1490. The molecule has 0 unspecified atom stereocenters. The number of fused-ring (bicyclic) bond motifs is 1. The van der Waals surface area contributed by atoms with Crippen LogP contribution in [0.5, 0.6) is 0 Å². The second kappa shape index (κ2) is 10.6. The largest absolute Gasteiger partial charge is 0.378 e. The number of hydrogen-bond donors (Lipinski definition) is 2. The Kier molecular flexibility index (Phi) is 7.06. The number of benzene rings is 2. The van der Waals surface area contributed by atoms with E-state index in [4.69, 9.17) is 4.74 Å². The molecule has 2 aromatic heterocycles. The lowest BCUT2D eigenvalue weighted by Gasteiger charge is -2.28. The van der Waals surface area contributed by atoms with E-state index in [9.17, 15) is 13.2 Å². The Hall–Kier alpha value is -3.96. The lowest BCUT2D eigenvalue weighted by Crippen LogP contribution is -2.36. The van der Waals surface area contributed by atoms with E-state index in [0.29, 0.717) is 11.5 Å². The maximum absolute atomic E-state index is 12.3. The molecule has 192 valence electrons. The second-order valence-corrected chi connectivity index (χ2v) is 11.1. The SMILES string of the molecule is CS(=O)(=O)CCNC(=O)c1ccc(-c2ccc3cnc(Nc4ccc(N5CCOCC5)cc4)nn23)cc1. The summed E-state index contributed by atoms with van der Waals surface area (Å²) >= 11 is 0. The highest BCUT2D eigenvalue weighted by molar-refractivity contribution is 7.90. The molecule has 1 saturated heterocycles. The number of sulfone groups is 1. The Balaban J connectivity index is 1.29. The van der Waals surface area contributed by atoms with Crippen LogP contribution in [0.25, 0.3) is 16.8 Å². The molecule has 0 aliphatic carbocycles. The first-order valence-corrected chi connectivity index (χ1v) is 14.0. The fourth-order valence-electron chi connectivity index (χ4n) is 4.13. The van der Waals surface area contributed by atoms with Gasteiger partial charge in [0.25, 0.3) is 5.91 Å². The highest BCUT2D eigenvalue weighted by Crippen LogP contribution is 2.24. The molecule has 10 nitrogen and oxygen atoms in total. The van der Waals surface area contributed by atoms with E-state index >= 15 is 0 Å². The minimum Gasteiger partial charge on any atom is -0.378 e. The first kappa shape index (κ1) is 24.7. The van der Waals surface area contributed by atoms with Crippen LogP contribution in [0, 0.1) is 0 Å². The van der Waals surface area contributed by atoms with Gasteiger partial charge in [-0.25, -0.2) is 17.9 Å². The highest BCUT2D eigenvalue weighted by atomic mass is 32.2. The Morgan fingerprint density at radius 1 is 1.00 bits per heavy atom. The van der Waals surface area contributed by atoms with Gasteiger partial charge in [-0.1, -0.05) is 12.1 Å². The zero-order valence-electron chi connectivity index (χ0n) is 20.4. The number of ether oxygens (including phenoxy) is 1. The van der Waals surface area contributed by atoms with Gasteiger partial charge in [0.15, 0.2) is 0 Å². The molecule has 0 saturated carbocycles. The Morgan fingerprint density at radius 3 is 2.43 bits per heavy atom. The van der Waals surface area contributed by atoms with Crippen molar-refractivity contribution in [1.82, 2.24) is 19.9 Å². The summed E-state index contributed by atoms with van der Waals surface area (Å²) in [5.74, 6) is 0.0516. The molecule has 1 amide bonds. The van der Waals surface area contributed by atoms with Crippen LogP contribution >= 0.6 is 0 Å². The molecule has 5 rings (SSSR count). The number of aromatic nitrogens is 3. The van der Waals surface area contributed by atoms with Crippen molar-refractivity contribution in [3.63, 3.8) is 0 Å². The van der Waals surface area contributed by atoms with E-state index in [2.05, 4.69) is 37.7 Å². The summed E-state index contributed by atoms with van der Waals surface area (Å²) in [4.78, 5) is 19.1. The zero-order valence-corrected chi connectivity index (χ0v) is 21.2. The summed E-state index contributed by atoms with van der Waals surface area (Å²) in [6.45, 7) is 3.34. The van der Waals surface area contributed by atoms with E-state index in [1.807, 2.05) is 36.4 Å². The number of amides is 1. The third-order valence-electron chi connectivity index (χ3n) is 6.10. The van der Waals surface area contributed by atoms with Crippen molar-refractivity contribution in [2.24, 2.45) is 0 Å². The molecule has 0 spiro atoms. The minimum absolute atomic E-state index is 0.0748. The first-order chi connectivity index (χ1) is 17.9. The summed E-state index contributed by atoms with van der Waals surface area (Å²) in [6.07, 6.45) is 2.90. The number of carbonyl (C=O) groups is 1. The van der Waals surface area contributed by atoms with Gasteiger partial charge in [-0.15, -0.1) is 5.10 Å². The second-order valence-electron chi connectivity index (χ2n) is 8.87. The fraction of sp³-hybridized carbons (Fsp3) is 0.269. The molecule has 1 aliphatic rings. The van der Waals surface area contributed by atoms with Gasteiger partial charge in [-0.3, -0.25) is 4.79 Å². The Labute approximate surface area is 215 Å². The molecule has 4 aromatic rings. The van der Waals surface area contributed by atoms with Crippen LogP contribution in [0.2, 0.25) is 0 Å². The molecular weight excluding hydrogens is 492 g/mol. The molecule has 2 N–H and O–H groups in total. The molecule has 3 heterocycles. The quantitative estimate of drug-likeness (QED) is 0.364. The lowest BCUT2D eigenvalue weighted by molar-refractivity contribution is 0.0956. The van der Waals surface area contributed by atoms with Crippen LogP contribution in [0.15, 0.2) is 66.9 Å². The molecule has 0 radical (unpaired) electrons. The van der Waals surface area contributed by atoms with Crippen LogP contribution in [0.4, 0.5) is 17.3 Å². The van der Waals surface area contributed by atoms with Crippen molar-refractivity contribution in [3.05, 3.63) is 72.4 Å². The van der Waals surface area contributed by atoms with E-state index in [1.54, 1.807) is 22.8 Å². The van der Waals surface area contributed by atoms with Crippen LogP contribution in [0.3, 0.4) is 0 Å². The van der Waals surface area contributed by atoms with Gasteiger partial charge < -0.3 is 20.3 Å². The molecule has 37 heavy (non-hydrogen) atoms. The van der Waals surface area contributed by atoms with Gasteiger partial charge in [-0.2, -0.15) is 0 Å². The molecule has 1 aliphatic heterocycles. The zero-order chi connectivity index (χ0) is 25.8. The molecule has 11 heteroatoms. The van der Waals surface area contributed by atoms with Gasteiger partial charge in [0.1, 0.15) is 9.84 Å².